The molecule has 27 heavy (non-hydrogen) atoms. The number of rotatable bonds is 5. The van der Waals surface area contributed by atoms with Crippen LogP contribution in [0, 0.1) is 0 Å². The van der Waals surface area contributed by atoms with Crippen LogP contribution in [0.25, 0.3) is 16.3 Å². The van der Waals surface area contributed by atoms with Gasteiger partial charge in [0, 0.05) is 11.8 Å². The highest BCUT2D eigenvalue weighted by molar-refractivity contribution is 7.13. The maximum absolute atomic E-state index is 6.04. The molecule has 4 aromatic rings. The summed E-state index contributed by atoms with van der Waals surface area (Å²) in [6.45, 7) is 0. The second-order valence-electron chi connectivity index (χ2n) is 5.69. The first-order valence-electron chi connectivity index (χ1n) is 8.14. The van der Waals surface area contributed by atoms with Crippen molar-refractivity contribution < 1.29 is 0 Å². The molecular formula is C20H14Cl2N4S. The summed E-state index contributed by atoms with van der Waals surface area (Å²) in [6.07, 6.45) is 3.72. The van der Waals surface area contributed by atoms with Crippen LogP contribution in [-0.2, 0) is 0 Å². The molecule has 2 aromatic carbocycles. The zero-order valence-corrected chi connectivity index (χ0v) is 16.3. The van der Waals surface area contributed by atoms with Gasteiger partial charge in [-0.05, 0) is 41.8 Å². The average molecular weight is 413 g/mol. The molecule has 0 amide bonds. The van der Waals surface area contributed by atoms with E-state index in [-0.39, 0.29) is 0 Å². The molecule has 0 aliphatic heterocycles. The van der Waals surface area contributed by atoms with Crippen LogP contribution in [0.2, 0.25) is 10.0 Å². The number of para-hydroxylation sites is 1. The fraction of sp³-hybridized carbons (Fsp3) is 0. The lowest BCUT2D eigenvalue weighted by Gasteiger charge is -2.01. The van der Waals surface area contributed by atoms with Crippen molar-refractivity contribution in [2.75, 3.05) is 5.43 Å². The normalized spacial score (nSPS) is 11.2. The van der Waals surface area contributed by atoms with Crippen LogP contribution in [0.1, 0.15) is 5.56 Å². The smallest absolute Gasteiger partial charge is 0.112 e. The van der Waals surface area contributed by atoms with Gasteiger partial charge in [0.2, 0.25) is 0 Å². The SMILES string of the molecule is Clc1ccc(N/N=C\c2cn(-c3ccccc3)nc2-c2cccs2)cc1Cl. The van der Waals surface area contributed by atoms with Crippen LogP contribution < -0.4 is 5.43 Å². The Labute approximate surface area is 170 Å². The highest BCUT2D eigenvalue weighted by Gasteiger charge is 2.11. The van der Waals surface area contributed by atoms with Crippen molar-refractivity contribution in [2.45, 2.75) is 0 Å². The average Bonchev–Trinajstić information content (AvgIpc) is 3.35. The van der Waals surface area contributed by atoms with Crippen molar-refractivity contribution in [3.05, 3.63) is 87.8 Å². The molecule has 2 heterocycles. The van der Waals surface area contributed by atoms with E-state index in [9.17, 15) is 0 Å². The predicted molar refractivity (Wildman–Crippen MR) is 115 cm³/mol. The lowest BCUT2D eigenvalue weighted by molar-refractivity contribution is 0.885. The number of aromatic nitrogens is 2. The summed E-state index contributed by atoms with van der Waals surface area (Å²) in [4.78, 5) is 1.08. The standard InChI is InChI=1S/C20H14Cl2N4S/c21-17-9-8-15(11-18(17)22)24-23-12-14-13-26(16-5-2-1-3-6-16)25-20(14)19-7-4-10-27-19/h1-13,24H/b23-12-. The second kappa shape index (κ2) is 7.96. The molecule has 4 rings (SSSR count). The molecule has 4 nitrogen and oxygen atoms in total. The quantitative estimate of drug-likeness (QED) is 0.306. The summed E-state index contributed by atoms with van der Waals surface area (Å²) >= 11 is 13.6. The Morgan fingerprint density at radius 2 is 1.85 bits per heavy atom. The van der Waals surface area contributed by atoms with Crippen molar-refractivity contribution in [3.8, 4) is 16.3 Å². The highest BCUT2D eigenvalue weighted by Crippen LogP contribution is 2.27. The summed E-state index contributed by atoms with van der Waals surface area (Å²) in [6, 6.07) is 19.3. The Hall–Kier alpha value is -2.60. The molecule has 0 bridgehead atoms. The third kappa shape index (κ3) is 4.06. The monoisotopic (exact) mass is 412 g/mol. The van der Waals surface area contributed by atoms with Crippen molar-refractivity contribution in [1.29, 1.82) is 0 Å². The molecule has 7 heteroatoms. The zero-order valence-electron chi connectivity index (χ0n) is 14.0. The van der Waals surface area contributed by atoms with Gasteiger partial charge in [0.15, 0.2) is 0 Å². The molecule has 0 aliphatic rings. The number of nitrogens with one attached hydrogen (secondary N) is 1. The van der Waals surface area contributed by atoms with Crippen LogP contribution in [0.4, 0.5) is 5.69 Å². The van der Waals surface area contributed by atoms with Gasteiger partial charge >= 0.3 is 0 Å². The van der Waals surface area contributed by atoms with Crippen molar-refractivity contribution >= 4 is 46.4 Å². The Bertz CT molecular complexity index is 1070. The summed E-state index contributed by atoms with van der Waals surface area (Å²) < 4.78 is 1.86. The first kappa shape index (κ1) is 17.8. The van der Waals surface area contributed by atoms with Gasteiger partial charge in [-0.3, -0.25) is 5.43 Å². The van der Waals surface area contributed by atoms with Crippen LogP contribution >= 0.6 is 34.5 Å². The maximum atomic E-state index is 6.04. The Morgan fingerprint density at radius 1 is 1.00 bits per heavy atom. The molecule has 0 saturated carbocycles. The lowest BCUT2D eigenvalue weighted by Crippen LogP contribution is -1.93. The number of benzene rings is 2. The summed E-state index contributed by atoms with van der Waals surface area (Å²) in [7, 11) is 0. The van der Waals surface area contributed by atoms with Gasteiger partial charge in [-0.25, -0.2) is 4.68 Å². The molecule has 0 atom stereocenters. The number of hydrogen-bond acceptors (Lipinski definition) is 4. The van der Waals surface area contributed by atoms with Gasteiger partial charge in [0.1, 0.15) is 5.69 Å². The Balaban J connectivity index is 1.64. The number of hydrazone groups is 1. The number of nitrogens with zero attached hydrogens (tertiary/aromatic N) is 3. The molecule has 0 spiro atoms. The molecule has 0 aliphatic carbocycles. The molecule has 1 N–H and O–H groups in total. The second-order valence-corrected chi connectivity index (χ2v) is 7.45. The Kier molecular flexibility index (Phi) is 5.25. The van der Waals surface area contributed by atoms with E-state index in [4.69, 9.17) is 28.3 Å². The van der Waals surface area contributed by atoms with E-state index in [0.29, 0.717) is 10.0 Å². The molecule has 0 fully saturated rings. The minimum atomic E-state index is 0.480. The number of thiophene rings is 1. The molecule has 0 radical (unpaired) electrons. The van der Waals surface area contributed by atoms with Gasteiger partial charge < -0.3 is 0 Å². The van der Waals surface area contributed by atoms with E-state index in [0.717, 1.165) is 27.5 Å². The zero-order chi connectivity index (χ0) is 18.6. The predicted octanol–water partition coefficient (Wildman–Crippen LogP) is 6.35. The van der Waals surface area contributed by atoms with Crippen molar-refractivity contribution in [1.82, 2.24) is 9.78 Å². The molecule has 134 valence electrons. The summed E-state index contributed by atoms with van der Waals surface area (Å²) in [5, 5.41) is 12.1. The van der Waals surface area contributed by atoms with Crippen LogP contribution in [0.5, 0.6) is 0 Å². The minimum Gasteiger partial charge on any atom is -0.278 e. The fourth-order valence-electron chi connectivity index (χ4n) is 2.54. The van der Waals surface area contributed by atoms with Gasteiger partial charge in [-0.15, -0.1) is 11.3 Å². The van der Waals surface area contributed by atoms with Gasteiger partial charge in [0.05, 0.1) is 32.5 Å². The third-order valence-corrected chi connectivity index (χ3v) is 5.45. The van der Waals surface area contributed by atoms with E-state index in [1.165, 1.54) is 0 Å². The van der Waals surface area contributed by atoms with E-state index >= 15 is 0 Å². The van der Waals surface area contributed by atoms with Gasteiger partial charge in [-0.1, -0.05) is 47.5 Å². The number of anilines is 1. The van der Waals surface area contributed by atoms with E-state index in [2.05, 4.69) is 10.5 Å². The number of halogens is 2. The lowest BCUT2D eigenvalue weighted by atomic mass is 10.2. The molecular weight excluding hydrogens is 399 g/mol. The topological polar surface area (TPSA) is 42.2 Å². The molecule has 2 aromatic heterocycles. The first-order valence-corrected chi connectivity index (χ1v) is 9.77. The maximum Gasteiger partial charge on any atom is 0.112 e. The van der Waals surface area contributed by atoms with Gasteiger partial charge in [-0.2, -0.15) is 10.2 Å². The van der Waals surface area contributed by atoms with Crippen LogP contribution in [0.15, 0.2) is 77.3 Å². The Morgan fingerprint density at radius 3 is 2.59 bits per heavy atom. The third-order valence-electron chi connectivity index (χ3n) is 3.83. The van der Waals surface area contributed by atoms with Crippen molar-refractivity contribution in [3.63, 3.8) is 0 Å². The number of hydrogen-bond donors (Lipinski definition) is 1. The first-order chi connectivity index (χ1) is 13.2. The molecule has 0 unspecified atom stereocenters. The minimum absolute atomic E-state index is 0.480. The largest absolute Gasteiger partial charge is 0.278 e. The van der Waals surface area contributed by atoms with Gasteiger partial charge in [0.25, 0.3) is 0 Å². The van der Waals surface area contributed by atoms with E-state index < -0.39 is 0 Å². The van der Waals surface area contributed by atoms with Crippen molar-refractivity contribution in [2.24, 2.45) is 5.10 Å². The molecule has 0 saturated heterocycles. The highest BCUT2D eigenvalue weighted by atomic mass is 35.5. The summed E-state index contributed by atoms with van der Waals surface area (Å²) in [5.41, 5.74) is 6.52. The summed E-state index contributed by atoms with van der Waals surface area (Å²) in [5.74, 6) is 0. The van der Waals surface area contributed by atoms with E-state index in [1.54, 1.807) is 29.7 Å². The van der Waals surface area contributed by atoms with E-state index in [1.807, 2.05) is 64.8 Å². The fourth-order valence-corrected chi connectivity index (χ4v) is 3.57. The van der Waals surface area contributed by atoms with Crippen LogP contribution in [-0.4, -0.2) is 16.0 Å². The van der Waals surface area contributed by atoms with Crippen LogP contribution in [0.3, 0.4) is 0 Å².